The molecule has 2 atom stereocenters. The van der Waals surface area contributed by atoms with Gasteiger partial charge in [-0.15, -0.1) is 0 Å². The molecule has 0 radical (unpaired) electrons. The standard InChI is InChI=1S/C22H27F3N2O2/c1-12-5-6-15(21(29)27-22(2,3)4)13(7-12)10-20(28)19(26)9-14-8-17(24)18(25)11-16(14)23/h5-8,11,19-20,28H,9-10,26H2,1-4H3,(H,27,29)/t19-,20+/m1/s1. The predicted octanol–water partition coefficient (Wildman–Crippen LogP) is 3.41. The molecule has 1 amide bonds. The van der Waals surface area contributed by atoms with Crippen LogP contribution in [0.4, 0.5) is 13.2 Å². The van der Waals surface area contributed by atoms with Crippen LogP contribution in [0.5, 0.6) is 0 Å². The Hall–Kier alpha value is -2.38. The summed E-state index contributed by atoms with van der Waals surface area (Å²) in [5, 5.41) is 13.4. The van der Waals surface area contributed by atoms with E-state index in [1.54, 1.807) is 18.2 Å². The lowest BCUT2D eigenvalue weighted by molar-refractivity contribution is 0.0917. The molecular formula is C22H27F3N2O2. The summed E-state index contributed by atoms with van der Waals surface area (Å²) in [7, 11) is 0. The fourth-order valence-corrected chi connectivity index (χ4v) is 3.01. The Bertz CT molecular complexity index is 894. The lowest BCUT2D eigenvalue weighted by Crippen LogP contribution is -2.42. The van der Waals surface area contributed by atoms with Crippen molar-refractivity contribution in [1.82, 2.24) is 5.32 Å². The summed E-state index contributed by atoms with van der Waals surface area (Å²) in [5.74, 6) is -3.66. The lowest BCUT2D eigenvalue weighted by Gasteiger charge is -2.23. The Labute approximate surface area is 168 Å². The van der Waals surface area contributed by atoms with Gasteiger partial charge in [0.2, 0.25) is 0 Å². The van der Waals surface area contributed by atoms with Crippen molar-refractivity contribution in [2.45, 2.75) is 58.2 Å². The number of nitrogens with one attached hydrogen (secondary N) is 1. The zero-order valence-electron chi connectivity index (χ0n) is 17.0. The minimum atomic E-state index is -1.28. The van der Waals surface area contributed by atoms with Gasteiger partial charge in [0.15, 0.2) is 11.6 Å². The highest BCUT2D eigenvalue weighted by Gasteiger charge is 2.23. The zero-order valence-corrected chi connectivity index (χ0v) is 17.0. The summed E-state index contributed by atoms with van der Waals surface area (Å²) < 4.78 is 40.3. The maximum Gasteiger partial charge on any atom is 0.251 e. The topological polar surface area (TPSA) is 75.3 Å². The van der Waals surface area contributed by atoms with Crippen molar-refractivity contribution in [3.63, 3.8) is 0 Å². The summed E-state index contributed by atoms with van der Waals surface area (Å²) in [5.41, 5.74) is 7.35. The molecule has 4 nitrogen and oxygen atoms in total. The minimum absolute atomic E-state index is 0.0566. The van der Waals surface area contributed by atoms with Gasteiger partial charge in [0.25, 0.3) is 5.91 Å². The number of hydrogen-bond acceptors (Lipinski definition) is 3. The Kier molecular flexibility index (Phi) is 7.08. The molecule has 4 N–H and O–H groups in total. The van der Waals surface area contributed by atoms with Gasteiger partial charge in [-0.1, -0.05) is 17.7 Å². The quantitative estimate of drug-likeness (QED) is 0.641. The van der Waals surface area contributed by atoms with Crippen LogP contribution in [0.2, 0.25) is 0 Å². The van der Waals surface area contributed by atoms with Gasteiger partial charge in [-0.3, -0.25) is 4.79 Å². The van der Waals surface area contributed by atoms with E-state index in [0.717, 1.165) is 11.6 Å². The average Bonchev–Trinajstić information content (AvgIpc) is 2.58. The van der Waals surface area contributed by atoms with E-state index in [1.165, 1.54) is 0 Å². The summed E-state index contributed by atoms with van der Waals surface area (Å²) >= 11 is 0. The molecule has 0 aliphatic rings. The molecule has 7 heteroatoms. The molecule has 0 aliphatic carbocycles. The minimum Gasteiger partial charge on any atom is -0.391 e. The van der Waals surface area contributed by atoms with Crippen molar-refractivity contribution in [3.05, 3.63) is 70.0 Å². The third-order valence-electron chi connectivity index (χ3n) is 4.46. The van der Waals surface area contributed by atoms with Crippen LogP contribution in [0, 0.1) is 24.4 Å². The van der Waals surface area contributed by atoms with Gasteiger partial charge in [-0.05, 0) is 57.4 Å². The Balaban J connectivity index is 2.19. The molecule has 0 fully saturated rings. The van der Waals surface area contributed by atoms with E-state index in [9.17, 15) is 23.1 Å². The van der Waals surface area contributed by atoms with E-state index in [1.807, 2.05) is 27.7 Å². The van der Waals surface area contributed by atoms with Crippen LogP contribution in [-0.2, 0) is 12.8 Å². The number of aliphatic hydroxyl groups excluding tert-OH is 1. The van der Waals surface area contributed by atoms with Crippen molar-refractivity contribution < 1.29 is 23.1 Å². The number of halogens is 3. The first-order valence-corrected chi connectivity index (χ1v) is 9.36. The number of benzene rings is 2. The molecule has 2 rings (SSSR count). The molecule has 0 saturated heterocycles. The van der Waals surface area contributed by atoms with Gasteiger partial charge in [-0.25, -0.2) is 13.2 Å². The molecule has 2 aromatic rings. The summed E-state index contributed by atoms with van der Waals surface area (Å²) in [4.78, 5) is 12.6. The number of nitrogens with two attached hydrogens (primary N) is 1. The molecule has 0 spiro atoms. The lowest BCUT2D eigenvalue weighted by atomic mass is 9.93. The van der Waals surface area contributed by atoms with Gasteiger partial charge in [0, 0.05) is 29.6 Å². The van der Waals surface area contributed by atoms with Gasteiger partial charge >= 0.3 is 0 Å². The van der Waals surface area contributed by atoms with E-state index in [2.05, 4.69) is 5.32 Å². The Morgan fingerprint density at radius 2 is 1.66 bits per heavy atom. The monoisotopic (exact) mass is 408 g/mol. The molecule has 2 aromatic carbocycles. The molecule has 29 heavy (non-hydrogen) atoms. The van der Waals surface area contributed by atoms with Crippen LogP contribution < -0.4 is 11.1 Å². The average molecular weight is 408 g/mol. The molecule has 158 valence electrons. The van der Waals surface area contributed by atoms with Crippen molar-refractivity contribution in [2.75, 3.05) is 0 Å². The second kappa shape index (κ2) is 8.97. The highest BCUT2D eigenvalue weighted by Crippen LogP contribution is 2.19. The Morgan fingerprint density at radius 3 is 2.28 bits per heavy atom. The van der Waals surface area contributed by atoms with Crippen LogP contribution in [0.15, 0.2) is 30.3 Å². The molecule has 0 unspecified atom stereocenters. The smallest absolute Gasteiger partial charge is 0.251 e. The van der Waals surface area contributed by atoms with E-state index in [4.69, 9.17) is 5.73 Å². The number of carbonyl (C=O) groups excluding carboxylic acids is 1. The predicted molar refractivity (Wildman–Crippen MR) is 106 cm³/mol. The molecule has 0 aliphatic heterocycles. The number of hydrogen-bond donors (Lipinski definition) is 3. The van der Waals surface area contributed by atoms with Gasteiger partial charge in [0.1, 0.15) is 5.82 Å². The summed E-state index contributed by atoms with van der Waals surface area (Å²) in [6.45, 7) is 7.44. The number of amides is 1. The SMILES string of the molecule is Cc1ccc(C(=O)NC(C)(C)C)c(C[C@H](O)[C@H](N)Cc2cc(F)c(F)cc2F)c1. The fraction of sp³-hybridized carbons (Fsp3) is 0.409. The van der Waals surface area contributed by atoms with Crippen molar-refractivity contribution in [2.24, 2.45) is 5.73 Å². The van der Waals surface area contributed by atoms with Gasteiger partial charge in [-0.2, -0.15) is 0 Å². The molecule has 0 heterocycles. The number of rotatable bonds is 6. The molecule has 0 saturated carbocycles. The summed E-state index contributed by atoms with van der Waals surface area (Å²) in [6, 6.07) is 5.52. The van der Waals surface area contributed by atoms with Gasteiger partial charge in [0.05, 0.1) is 6.10 Å². The number of carbonyl (C=O) groups is 1. The largest absolute Gasteiger partial charge is 0.391 e. The first kappa shape index (κ1) is 22.9. The Morgan fingerprint density at radius 1 is 1.03 bits per heavy atom. The highest BCUT2D eigenvalue weighted by atomic mass is 19.2. The second-order valence-corrected chi connectivity index (χ2v) is 8.36. The molecule has 0 aromatic heterocycles. The van der Waals surface area contributed by atoms with Gasteiger partial charge < -0.3 is 16.2 Å². The highest BCUT2D eigenvalue weighted by molar-refractivity contribution is 5.96. The maximum atomic E-state index is 13.9. The van der Waals surface area contributed by atoms with Crippen molar-refractivity contribution in [3.8, 4) is 0 Å². The van der Waals surface area contributed by atoms with Crippen molar-refractivity contribution >= 4 is 5.91 Å². The first-order chi connectivity index (χ1) is 13.4. The number of aliphatic hydroxyl groups is 1. The zero-order chi connectivity index (χ0) is 21.9. The first-order valence-electron chi connectivity index (χ1n) is 9.36. The van der Waals surface area contributed by atoms with E-state index < -0.39 is 35.1 Å². The number of aryl methyl sites for hydroxylation is 1. The maximum absolute atomic E-state index is 13.9. The molecular weight excluding hydrogens is 381 g/mol. The van der Waals surface area contributed by atoms with E-state index in [0.29, 0.717) is 17.2 Å². The van der Waals surface area contributed by atoms with Crippen LogP contribution in [0.1, 0.15) is 47.8 Å². The van der Waals surface area contributed by atoms with Crippen molar-refractivity contribution in [1.29, 1.82) is 0 Å². The van der Waals surface area contributed by atoms with E-state index >= 15 is 0 Å². The molecule has 0 bridgehead atoms. The third-order valence-corrected chi connectivity index (χ3v) is 4.46. The van der Waals surface area contributed by atoms with Crippen LogP contribution in [0.3, 0.4) is 0 Å². The normalized spacial score (nSPS) is 13.8. The second-order valence-electron chi connectivity index (χ2n) is 8.36. The van der Waals surface area contributed by atoms with Crippen LogP contribution in [-0.4, -0.2) is 28.7 Å². The third kappa shape index (κ3) is 6.30. The van der Waals surface area contributed by atoms with Crippen LogP contribution >= 0.6 is 0 Å². The fourth-order valence-electron chi connectivity index (χ4n) is 3.01. The van der Waals surface area contributed by atoms with Crippen LogP contribution in [0.25, 0.3) is 0 Å². The van der Waals surface area contributed by atoms with E-state index in [-0.39, 0.29) is 24.3 Å². The summed E-state index contributed by atoms with van der Waals surface area (Å²) in [6.07, 6.45) is -1.24.